The van der Waals surface area contributed by atoms with E-state index in [1.165, 1.54) is 11.3 Å². The standard InChI is InChI=1S/C8H12N2O2S/c1-5(11)3-9-8(12)7-6(2)10-4-13-7/h4-5,11H,3H2,1-2H3,(H,9,12)/t5-/m1/s1. The van der Waals surface area contributed by atoms with Crippen molar-refractivity contribution in [1.82, 2.24) is 10.3 Å². The van der Waals surface area contributed by atoms with Crippen LogP contribution in [0.2, 0.25) is 0 Å². The molecule has 1 aromatic rings. The monoisotopic (exact) mass is 200 g/mol. The molecule has 1 amide bonds. The number of hydrogen-bond acceptors (Lipinski definition) is 4. The van der Waals surface area contributed by atoms with Gasteiger partial charge in [-0.05, 0) is 13.8 Å². The first kappa shape index (κ1) is 10.1. The Morgan fingerprint density at radius 3 is 3.00 bits per heavy atom. The Hall–Kier alpha value is -0.940. The van der Waals surface area contributed by atoms with Gasteiger partial charge in [-0.15, -0.1) is 11.3 Å². The zero-order valence-corrected chi connectivity index (χ0v) is 8.39. The third kappa shape index (κ3) is 2.78. The van der Waals surface area contributed by atoms with Crippen molar-refractivity contribution < 1.29 is 9.90 Å². The molecule has 0 spiro atoms. The highest BCUT2D eigenvalue weighted by Gasteiger charge is 2.11. The van der Waals surface area contributed by atoms with Crippen LogP contribution < -0.4 is 5.32 Å². The number of carbonyl (C=O) groups is 1. The molecule has 13 heavy (non-hydrogen) atoms. The average molecular weight is 200 g/mol. The smallest absolute Gasteiger partial charge is 0.263 e. The first-order valence-electron chi connectivity index (χ1n) is 3.97. The lowest BCUT2D eigenvalue weighted by Gasteiger charge is -2.05. The summed E-state index contributed by atoms with van der Waals surface area (Å²) >= 11 is 1.30. The number of aryl methyl sites for hydroxylation is 1. The topological polar surface area (TPSA) is 62.2 Å². The molecule has 0 fully saturated rings. The molecule has 0 aliphatic heterocycles. The molecule has 0 bridgehead atoms. The van der Waals surface area contributed by atoms with Crippen molar-refractivity contribution in [2.24, 2.45) is 0 Å². The largest absolute Gasteiger partial charge is 0.392 e. The highest BCUT2D eigenvalue weighted by Crippen LogP contribution is 2.11. The summed E-state index contributed by atoms with van der Waals surface area (Å²) in [6.07, 6.45) is -0.517. The normalized spacial score (nSPS) is 12.5. The van der Waals surface area contributed by atoms with E-state index in [-0.39, 0.29) is 12.5 Å². The summed E-state index contributed by atoms with van der Waals surface area (Å²) < 4.78 is 0. The Bertz CT molecular complexity index is 296. The van der Waals surface area contributed by atoms with E-state index in [1.54, 1.807) is 19.4 Å². The molecule has 0 radical (unpaired) electrons. The van der Waals surface area contributed by atoms with Crippen LogP contribution >= 0.6 is 11.3 Å². The van der Waals surface area contributed by atoms with E-state index in [9.17, 15) is 4.79 Å². The molecule has 0 aliphatic rings. The van der Waals surface area contributed by atoms with Crippen molar-refractivity contribution in [2.75, 3.05) is 6.54 Å². The Kier molecular flexibility index (Phi) is 3.39. The molecule has 1 atom stereocenters. The number of amides is 1. The number of aliphatic hydroxyl groups is 1. The first-order valence-corrected chi connectivity index (χ1v) is 4.85. The van der Waals surface area contributed by atoms with Crippen molar-refractivity contribution in [3.05, 3.63) is 16.1 Å². The fraction of sp³-hybridized carbons (Fsp3) is 0.500. The molecule has 1 rings (SSSR count). The van der Waals surface area contributed by atoms with Gasteiger partial charge >= 0.3 is 0 Å². The zero-order valence-electron chi connectivity index (χ0n) is 7.57. The number of aliphatic hydroxyl groups excluding tert-OH is 1. The molecule has 5 heteroatoms. The van der Waals surface area contributed by atoms with Gasteiger partial charge in [0, 0.05) is 6.54 Å². The van der Waals surface area contributed by atoms with Crippen LogP contribution in [-0.2, 0) is 0 Å². The summed E-state index contributed by atoms with van der Waals surface area (Å²) in [5, 5.41) is 11.5. The Morgan fingerprint density at radius 1 is 1.85 bits per heavy atom. The second-order valence-electron chi connectivity index (χ2n) is 2.83. The minimum Gasteiger partial charge on any atom is -0.392 e. The summed E-state index contributed by atoms with van der Waals surface area (Å²) in [6.45, 7) is 3.68. The van der Waals surface area contributed by atoms with Crippen LogP contribution in [0.4, 0.5) is 0 Å². The molecule has 72 valence electrons. The number of nitrogens with zero attached hydrogens (tertiary/aromatic N) is 1. The van der Waals surface area contributed by atoms with E-state index < -0.39 is 6.10 Å². The number of hydrogen-bond donors (Lipinski definition) is 2. The maximum atomic E-state index is 11.4. The minimum atomic E-state index is -0.517. The van der Waals surface area contributed by atoms with Gasteiger partial charge < -0.3 is 10.4 Å². The molecule has 1 heterocycles. The van der Waals surface area contributed by atoms with E-state index in [2.05, 4.69) is 10.3 Å². The van der Waals surface area contributed by atoms with Crippen molar-refractivity contribution in [2.45, 2.75) is 20.0 Å². The predicted octanol–water partition coefficient (Wildman–Crippen LogP) is 0.562. The van der Waals surface area contributed by atoms with Gasteiger partial charge in [-0.3, -0.25) is 4.79 Å². The van der Waals surface area contributed by atoms with Crippen LogP contribution in [0.3, 0.4) is 0 Å². The molecule has 0 saturated heterocycles. The van der Waals surface area contributed by atoms with Crippen LogP contribution in [0.15, 0.2) is 5.51 Å². The molecule has 0 aliphatic carbocycles. The molecule has 0 unspecified atom stereocenters. The highest BCUT2D eigenvalue weighted by molar-refractivity contribution is 7.11. The maximum Gasteiger partial charge on any atom is 0.263 e. The van der Waals surface area contributed by atoms with Gasteiger partial charge in [-0.25, -0.2) is 4.98 Å². The number of nitrogens with one attached hydrogen (secondary N) is 1. The summed E-state index contributed by atoms with van der Waals surface area (Å²) in [5.41, 5.74) is 2.36. The van der Waals surface area contributed by atoms with Gasteiger partial charge in [0.05, 0.1) is 17.3 Å². The summed E-state index contributed by atoms with van der Waals surface area (Å²) in [5.74, 6) is -0.166. The number of aromatic nitrogens is 1. The summed E-state index contributed by atoms with van der Waals surface area (Å²) in [6, 6.07) is 0. The number of thiazole rings is 1. The SMILES string of the molecule is Cc1ncsc1C(=O)NC[C@@H](C)O. The molecule has 0 saturated carbocycles. The van der Waals surface area contributed by atoms with Gasteiger partial charge in [0.2, 0.25) is 0 Å². The van der Waals surface area contributed by atoms with E-state index in [0.717, 1.165) is 5.69 Å². The molecular formula is C8H12N2O2S. The van der Waals surface area contributed by atoms with Crippen molar-refractivity contribution in [3.8, 4) is 0 Å². The Balaban J connectivity index is 2.54. The predicted molar refractivity (Wildman–Crippen MR) is 50.9 cm³/mol. The van der Waals surface area contributed by atoms with Gasteiger partial charge in [-0.2, -0.15) is 0 Å². The Morgan fingerprint density at radius 2 is 2.54 bits per heavy atom. The lowest BCUT2D eigenvalue weighted by molar-refractivity contribution is 0.0927. The van der Waals surface area contributed by atoms with Crippen molar-refractivity contribution >= 4 is 17.2 Å². The molecule has 1 aromatic heterocycles. The highest BCUT2D eigenvalue weighted by atomic mass is 32.1. The lowest BCUT2D eigenvalue weighted by atomic mass is 10.3. The average Bonchev–Trinajstić information content (AvgIpc) is 2.47. The van der Waals surface area contributed by atoms with Gasteiger partial charge in [0.25, 0.3) is 5.91 Å². The number of carbonyl (C=O) groups excluding carboxylic acids is 1. The van der Waals surface area contributed by atoms with E-state index >= 15 is 0 Å². The van der Waals surface area contributed by atoms with E-state index in [0.29, 0.717) is 4.88 Å². The second-order valence-corrected chi connectivity index (χ2v) is 3.68. The van der Waals surface area contributed by atoms with Gasteiger partial charge in [0.15, 0.2) is 0 Å². The van der Waals surface area contributed by atoms with Crippen LogP contribution in [0, 0.1) is 6.92 Å². The van der Waals surface area contributed by atoms with E-state index in [4.69, 9.17) is 5.11 Å². The van der Waals surface area contributed by atoms with E-state index in [1.807, 2.05) is 0 Å². The fourth-order valence-electron chi connectivity index (χ4n) is 0.841. The van der Waals surface area contributed by atoms with Crippen LogP contribution in [0.5, 0.6) is 0 Å². The summed E-state index contributed by atoms with van der Waals surface area (Å²) in [7, 11) is 0. The van der Waals surface area contributed by atoms with Crippen LogP contribution in [0.25, 0.3) is 0 Å². The molecule has 4 nitrogen and oxygen atoms in total. The van der Waals surface area contributed by atoms with Crippen LogP contribution in [0.1, 0.15) is 22.3 Å². The molecular weight excluding hydrogens is 188 g/mol. The quantitative estimate of drug-likeness (QED) is 0.749. The number of rotatable bonds is 3. The zero-order chi connectivity index (χ0) is 9.84. The van der Waals surface area contributed by atoms with Crippen LogP contribution in [-0.4, -0.2) is 28.6 Å². The van der Waals surface area contributed by atoms with Gasteiger partial charge in [-0.1, -0.05) is 0 Å². The van der Waals surface area contributed by atoms with Crippen molar-refractivity contribution in [1.29, 1.82) is 0 Å². The summed E-state index contributed by atoms with van der Waals surface area (Å²) in [4.78, 5) is 16.0. The first-order chi connectivity index (χ1) is 6.11. The second kappa shape index (κ2) is 4.34. The third-order valence-electron chi connectivity index (χ3n) is 1.51. The molecule has 2 N–H and O–H groups in total. The lowest BCUT2D eigenvalue weighted by Crippen LogP contribution is -2.30. The van der Waals surface area contributed by atoms with Gasteiger partial charge in [0.1, 0.15) is 4.88 Å². The maximum absolute atomic E-state index is 11.4. The Labute approximate surface area is 80.6 Å². The minimum absolute atomic E-state index is 0.166. The molecule has 0 aromatic carbocycles. The fourth-order valence-corrected chi connectivity index (χ4v) is 1.56. The third-order valence-corrected chi connectivity index (χ3v) is 2.44. The van der Waals surface area contributed by atoms with Crippen molar-refractivity contribution in [3.63, 3.8) is 0 Å².